The van der Waals surface area contributed by atoms with Crippen LogP contribution in [0.5, 0.6) is 5.75 Å². The topological polar surface area (TPSA) is 38.8 Å². The maximum Gasteiger partial charge on any atom is 0.257 e. The highest BCUT2D eigenvalue weighted by Gasteiger charge is 2.27. The molecule has 4 nitrogen and oxygen atoms in total. The number of hydrogen-bond donors (Lipinski definition) is 0. The van der Waals surface area contributed by atoms with Crippen LogP contribution >= 0.6 is 0 Å². The molecule has 2 aromatic carbocycles. The van der Waals surface area contributed by atoms with E-state index in [1.807, 2.05) is 66.4 Å². The van der Waals surface area contributed by atoms with E-state index in [0.717, 1.165) is 5.56 Å². The van der Waals surface area contributed by atoms with Crippen LogP contribution in [0.2, 0.25) is 0 Å². The van der Waals surface area contributed by atoms with E-state index in [9.17, 15) is 4.79 Å². The molecule has 0 bridgehead atoms. The molecule has 1 unspecified atom stereocenters. The van der Waals surface area contributed by atoms with Crippen LogP contribution in [0.1, 0.15) is 28.9 Å². The second kappa shape index (κ2) is 7.29. The van der Waals surface area contributed by atoms with Crippen LogP contribution in [0, 0.1) is 0 Å². The van der Waals surface area contributed by atoms with Gasteiger partial charge in [-0.25, -0.2) is 0 Å². The first-order valence-electron chi connectivity index (χ1n) is 7.97. The van der Waals surface area contributed by atoms with Crippen LogP contribution in [0.15, 0.2) is 54.6 Å². The molecule has 0 spiro atoms. The standard InChI is InChI=1S/C19H21NO3/c1-2-22-17-11-7-6-10-16(17)19(21)20-12-13-23-18(14-20)15-8-4-3-5-9-15/h3-11,18H,2,12-14H2,1H3. The number of para-hydroxylation sites is 1. The highest BCUT2D eigenvalue weighted by Crippen LogP contribution is 2.25. The van der Waals surface area contributed by atoms with Crippen molar-refractivity contribution in [2.45, 2.75) is 13.0 Å². The van der Waals surface area contributed by atoms with Crippen LogP contribution in [-0.2, 0) is 4.74 Å². The number of rotatable bonds is 4. The van der Waals surface area contributed by atoms with Crippen LogP contribution in [0.3, 0.4) is 0 Å². The zero-order valence-electron chi connectivity index (χ0n) is 13.3. The zero-order chi connectivity index (χ0) is 16.1. The third-order valence-electron chi connectivity index (χ3n) is 3.94. The van der Waals surface area contributed by atoms with Crippen LogP contribution in [0.25, 0.3) is 0 Å². The van der Waals surface area contributed by atoms with Crippen molar-refractivity contribution in [3.8, 4) is 5.75 Å². The second-order valence-electron chi connectivity index (χ2n) is 5.45. The van der Waals surface area contributed by atoms with Gasteiger partial charge in [0.2, 0.25) is 0 Å². The summed E-state index contributed by atoms with van der Waals surface area (Å²) in [5.41, 5.74) is 1.71. The van der Waals surface area contributed by atoms with Gasteiger partial charge >= 0.3 is 0 Å². The molecule has 1 aliphatic heterocycles. The van der Waals surface area contributed by atoms with E-state index in [1.54, 1.807) is 0 Å². The summed E-state index contributed by atoms with van der Waals surface area (Å²) in [6.45, 7) is 4.16. The SMILES string of the molecule is CCOc1ccccc1C(=O)N1CCOC(c2ccccc2)C1. The average Bonchev–Trinajstić information content (AvgIpc) is 2.63. The molecule has 0 N–H and O–H groups in total. The van der Waals surface area contributed by atoms with Crippen molar-refractivity contribution in [2.75, 3.05) is 26.3 Å². The normalized spacial score (nSPS) is 17.8. The third kappa shape index (κ3) is 3.54. The van der Waals surface area contributed by atoms with E-state index in [0.29, 0.717) is 37.6 Å². The maximum atomic E-state index is 12.9. The largest absolute Gasteiger partial charge is 0.493 e. The first-order chi connectivity index (χ1) is 11.3. The number of nitrogens with zero attached hydrogens (tertiary/aromatic N) is 1. The summed E-state index contributed by atoms with van der Waals surface area (Å²) in [5, 5.41) is 0. The molecule has 0 radical (unpaired) electrons. The average molecular weight is 311 g/mol. The highest BCUT2D eigenvalue weighted by molar-refractivity contribution is 5.97. The molecule has 2 aromatic rings. The molecule has 120 valence electrons. The maximum absolute atomic E-state index is 12.9. The quantitative estimate of drug-likeness (QED) is 0.869. The van der Waals surface area contributed by atoms with Gasteiger partial charge in [-0.05, 0) is 24.6 Å². The molecule has 4 heteroatoms. The van der Waals surface area contributed by atoms with E-state index in [-0.39, 0.29) is 12.0 Å². The molecule has 1 amide bonds. The van der Waals surface area contributed by atoms with Crippen LogP contribution < -0.4 is 4.74 Å². The number of hydrogen-bond acceptors (Lipinski definition) is 3. The molecule has 0 aliphatic carbocycles. The summed E-state index contributed by atoms with van der Waals surface area (Å²) in [7, 11) is 0. The Hall–Kier alpha value is -2.33. The van der Waals surface area contributed by atoms with Gasteiger partial charge in [0.05, 0.1) is 25.3 Å². The number of carbonyl (C=O) groups is 1. The van der Waals surface area contributed by atoms with Gasteiger partial charge in [-0.1, -0.05) is 42.5 Å². The van der Waals surface area contributed by atoms with E-state index in [4.69, 9.17) is 9.47 Å². The minimum atomic E-state index is -0.0758. The molecular weight excluding hydrogens is 290 g/mol. The molecular formula is C19H21NO3. The lowest BCUT2D eigenvalue weighted by Crippen LogP contribution is -2.42. The van der Waals surface area contributed by atoms with Crippen molar-refractivity contribution in [3.05, 3.63) is 65.7 Å². The fourth-order valence-corrected chi connectivity index (χ4v) is 2.80. The lowest BCUT2D eigenvalue weighted by atomic mass is 10.1. The Labute approximate surface area is 136 Å². The van der Waals surface area contributed by atoms with Gasteiger partial charge in [0.1, 0.15) is 11.9 Å². The summed E-state index contributed by atoms with van der Waals surface area (Å²) < 4.78 is 11.4. The Morgan fingerprint density at radius 3 is 2.70 bits per heavy atom. The lowest BCUT2D eigenvalue weighted by molar-refractivity contribution is -0.0229. The summed E-state index contributed by atoms with van der Waals surface area (Å²) in [5.74, 6) is 0.640. The Balaban J connectivity index is 1.77. The smallest absolute Gasteiger partial charge is 0.257 e. The highest BCUT2D eigenvalue weighted by atomic mass is 16.5. The fourth-order valence-electron chi connectivity index (χ4n) is 2.80. The molecule has 23 heavy (non-hydrogen) atoms. The summed E-state index contributed by atoms with van der Waals surface area (Å²) >= 11 is 0. The molecule has 1 heterocycles. The predicted octanol–water partition coefficient (Wildman–Crippen LogP) is 3.30. The van der Waals surface area contributed by atoms with Crippen molar-refractivity contribution in [3.63, 3.8) is 0 Å². The summed E-state index contributed by atoms with van der Waals surface area (Å²) in [6.07, 6.45) is -0.0758. The first-order valence-corrected chi connectivity index (χ1v) is 7.97. The number of carbonyl (C=O) groups excluding carboxylic acids is 1. The minimum absolute atomic E-state index is 0.00159. The Morgan fingerprint density at radius 1 is 1.17 bits per heavy atom. The second-order valence-corrected chi connectivity index (χ2v) is 5.45. The van der Waals surface area contributed by atoms with Gasteiger partial charge in [0.25, 0.3) is 5.91 Å². The molecule has 3 rings (SSSR count). The van der Waals surface area contributed by atoms with Crippen LogP contribution in [0.4, 0.5) is 0 Å². The fraction of sp³-hybridized carbons (Fsp3) is 0.316. The third-order valence-corrected chi connectivity index (χ3v) is 3.94. The van der Waals surface area contributed by atoms with Gasteiger partial charge in [-0.3, -0.25) is 4.79 Å². The number of amides is 1. The minimum Gasteiger partial charge on any atom is -0.493 e. The summed E-state index contributed by atoms with van der Waals surface area (Å²) in [4.78, 5) is 14.7. The van der Waals surface area contributed by atoms with Crippen molar-refractivity contribution < 1.29 is 14.3 Å². The number of ether oxygens (including phenoxy) is 2. The van der Waals surface area contributed by atoms with Crippen LogP contribution in [-0.4, -0.2) is 37.1 Å². The monoisotopic (exact) mass is 311 g/mol. The zero-order valence-corrected chi connectivity index (χ0v) is 13.3. The molecule has 1 aliphatic rings. The Morgan fingerprint density at radius 2 is 1.91 bits per heavy atom. The van der Waals surface area contributed by atoms with Crippen molar-refractivity contribution in [2.24, 2.45) is 0 Å². The van der Waals surface area contributed by atoms with Crippen molar-refractivity contribution in [1.29, 1.82) is 0 Å². The molecule has 1 saturated heterocycles. The Bertz CT molecular complexity index is 657. The molecule has 0 saturated carbocycles. The molecule has 0 aromatic heterocycles. The Kier molecular flexibility index (Phi) is 4.93. The van der Waals surface area contributed by atoms with Gasteiger partial charge in [0, 0.05) is 6.54 Å². The first kappa shape index (κ1) is 15.6. The number of benzene rings is 2. The number of morpholine rings is 1. The summed E-state index contributed by atoms with van der Waals surface area (Å²) in [6, 6.07) is 17.4. The van der Waals surface area contributed by atoms with E-state index < -0.39 is 0 Å². The van der Waals surface area contributed by atoms with Gasteiger partial charge in [0.15, 0.2) is 0 Å². The van der Waals surface area contributed by atoms with Gasteiger partial charge in [-0.2, -0.15) is 0 Å². The van der Waals surface area contributed by atoms with Crippen molar-refractivity contribution >= 4 is 5.91 Å². The van der Waals surface area contributed by atoms with E-state index in [1.165, 1.54) is 0 Å². The molecule has 1 atom stereocenters. The predicted molar refractivity (Wildman–Crippen MR) is 88.6 cm³/mol. The van der Waals surface area contributed by atoms with Gasteiger partial charge in [-0.15, -0.1) is 0 Å². The molecule has 1 fully saturated rings. The van der Waals surface area contributed by atoms with Gasteiger partial charge < -0.3 is 14.4 Å². The van der Waals surface area contributed by atoms with E-state index >= 15 is 0 Å². The van der Waals surface area contributed by atoms with E-state index in [2.05, 4.69) is 0 Å². The lowest BCUT2D eigenvalue weighted by Gasteiger charge is -2.33. The van der Waals surface area contributed by atoms with Crippen molar-refractivity contribution in [1.82, 2.24) is 4.90 Å².